The van der Waals surface area contributed by atoms with Gasteiger partial charge in [-0.05, 0) is 6.07 Å². The van der Waals surface area contributed by atoms with Crippen LogP contribution in [0.2, 0.25) is 0 Å². The minimum atomic E-state index is -0.505. The van der Waals surface area contributed by atoms with E-state index < -0.39 is 12.1 Å². The Morgan fingerprint density at radius 3 is 3.00 bits per heavy atom. The Kier molecular flexibility index (Phi) is 4.34. The first-order valence-corrected chi connectivity index (χ1v) is 6.14. The van der Waals surface area contributed by atoms with Crippen LogP contribution in [0.4, 0.5) is 0 Å². The molecule has 1 N–H and O–H groups in total. The molecular weight excluding hydrogens is 248 g/mol. The van der Waals surface area contributed by atoms with Gasteiger partial charge in [-0.2, -0.15) is 0 Å². The number of aromatic nitrogens is 1. The fourth-order valence-electron chi connectivity index (χ4n) is 2.30. The molecule has 1 aromatic rings. The Labute approximate surface area is 112 Å². The fraction of sp³-hybridized carbons (Fsp3) is 0.538. The third kappa shape index (κ3) is 3.21. The zero-order chi connectivity index (χ0) is 13.8. The number of β-amino-alcohol motifs (C(OH)–C–C–N with tert-alkyl or cyclic N) is 1. The molecule has 1 aromatic heterocycles. The van der Waals surface area contributed by atoms with Gasteiger partial charge in [-0.25, -0.2) is 4.98 Å². The van der Waals surface area contributed by atoms with E-state index in [0.717, 1.165) is 5.69 Å². The van der Waals surface area contributed by atoms with Crippen molar-refractivity contribution >= 4 is 5.97 Å². The normalized spacial score (nSPS) is 23.3. The number of carbonyl (C=O) groups is 1. The molecule has 6 heteroatoms. The molecule has 1 aliphatic rings. The third-order valence-electron chi connectivity index (χ3n) is 3.21. The van der Waals surface area contributed by atoms with E-state index in [0.29, 0.717) is 25.4 Å². The van der Waals surface area contributed by atoms with Crippen molar-refractivity contribution in [2.75, 3.05) is 20.8 Å². The number of rotatable bonds is 4. The lowest BCUT2D eigenvalue weighted by atomic mass is 10.2. The summed E-state index contributed by atoms with van der Waals surface area (Å²) in [6.07, 6.45) is -0.105. The summed E-state index contributed by atoms with van der Waals surface area (Å²) in [7, 11) is 2.91. The Balaban J connectivity index is 2.09. The fourth-order valence-corrected chi connectivity index (χ4v) is 2.30. The largest absolute Gasteiger partial charge is 0.481 e. The number of aliphatic hydroxyl groups excluding tert-OH is 1. The van der Waals surface area contributed by atoms with E-state index in [9.17, 15) is 9.90 Å². The molecule has 104 valence electrons. The molecule has 19 heavy (non-hydrogen) atoms. The van der Waals surface area contributed by atoms with E-state index in [1.54, 1.807) is 13.2 Å². The molecule has 0 aliphatic carbocycles. The molecule has 1 saturated heterocycles. The van der Waals surface area contributed by atoms with E-state index in [1.807, 2.05) is 17.0 Å². The minimum Gasteiger partial charge on any atom is -0.481 e. The summed E-state index contributed by atoms with van der Waals surface area (Å²) in [5.41, 5.74) is 0.794. The molecule has 1 fully saturated rings. The Bertz CT molecular complexity index is 452. The van der Waals surface area contributed by atoms with Crippen LogP contribution in [0.15, 0.2) is 18.2 Å². The maximum atomic E-state index is 11.7. The number of aliphatic hydroxyl groups is 1. The summed E-state index contributed by atoms with van der Waals surface area (Å²) in [6.45, 7) is 0.923. The summed E-state index contributed by atoms with van der Waals surface area (Å²) < 4.78 is 9.82. The van der Waals surface area contributed by atoms with Crippen molar-refractivity contribution in [2.45, 2.75) is 25.1 Å². The van der Waals surface area contributed by atoms with E-state index in [1.165, 1.54) is 7.11 Å². The van der Waals surface area contributed by atoms with Crippen molar-refractivity contribution in [3.8, 4) is 5.88 Å². The highest BCUT2D eigenvalue weighted by Gasteiger charge is 2.36. The molecule has 2 heterocycles. The quantitative estimate of drug-likeness (QED) is 0.785. The molecule has 0 bridgehead atoms. The van der Waals surface area contributed by atoms with Gasteiger partial charge < -0.3 is 14.6 Å². The van der Waals surface area contributed by atoms with Gasteiger partial charge in [-0.1, -0.05) is 6.07 Å². The van der Waals surface area contributed by atoms with E-state index >= 15 is 0 Å². The Morgan fingerprint density at radius 1 is 1.53 bits per heavy atom. The van der Waals surface area contributed by atoms with Crippen LogP contribution >= 0.6 is 0 Å². The smallest absolute Gasteiger partial charge is 0.323 e. The van der Waals surface area contributed by atoms with Gasteiger partial charge in [-0.15, -0.1) is 0 Å². The molecule has 1 aliphatic heterocycles. The van der Waals surface area contributed by atoms with Crippen LogP contribution in [0.3, 0.4) is 0 Å². The number of nitrogens with zero attached hydrogens (tertiary/aromatic N) is 2. The summed E-state index contributed by atoms with van der Waals surface area (Å²) in [6, 6.07) is 5.07. The topological polar surface area (TPSA) is 71.9 Å². The van der Waals surface area contributed by atoms with Gasteiger partial charge in [0.05, 0.1) is 26.0 Å². The Morgan fingerprint density at radius 2 is 2.32 bits per heavy atom. The average Bonchev–Trinajstić information content (AvgIpc) is 2.79. The number of ether oxygens (including phenoxy) is 2. The predicted molar refractivity (Wildman–Crippen MR) is 67.6 cm³/mol. The lowest BCUT2D eigenvalue weighted by molar-refractivity contribution is -0.146. The molecular formula is C13H18N2O4. The lowest BCUT2D eigenvalue weighted by Crippen LogP contribution is -2.36. The van der Waals surface area contributed by atoms with Gasteiger partial charge in [0.25, 0.3) is 0 Å². The van der Waals surface area contributed by atoms with Crippen LogP contribution in [0.1, 0.15) is 12.1 Å². The number of likely N-dealkylation sites (tertiary alicyclic amines) is 1. The van der Waals surface area contributed by atoms with Crippen molar-refractivity contribution < 1.29 is 19.4 Å². The molecule has 2 atom stereocenters. The first kappa shape index (κ1) is 13.8. The number of hydrogen-bond donors (Lipinski definition) is 1. The third-order valence-corrected chi connectivity index (χ3v) is 3.21. The highest BCUT2D eigenvalue weighted by atomic mass is 16.5. The number of esters is 1. The summed E-state index contributed by atoms with van der Waals surface area (Å²) in [4.78, 5) is 17.8. The van der Waals surface area contributed by atoms with Gasteiger partial charge in [0.1, 0.15) is 6.04 Å². The maximum absolute atomic E-state index is 11.7. The molecule has 0 radical (unpaired) electrons. The van der Waals surface area contributed by atoms with Crippen LogP contribution < -0.4 is 4.74 Å². The summed E-state index contributed by atoms with van der Waals surface area (Å²) in [5.74, 6) is 0.214. The van der Waals surface area contributed by atoms with Crippen molar-refractivity contribution in [2.24, 2.45) is 0 Å². The number of carbonyl (C=O) groups excluding carboxylic acids is 1. The average molecular weight is 266 g/mol. The van der Waals surface area contributed by atoms with Crippen LogP contribution in [0.5, 0.6) is 5.88 Å². The highest BCUT2D eigenvalue weighted by molar-refractivity contribution is 5.76. The van der Waals surface area contributed by atoms with Gasteiger partial charge in [0.2, 0.25) is 5.88 Å². The monoisotopic (exact) mass is 266 g/mol. The maximum Gasteiger partial charge on any atom is 0.323 e. The molecule has 0 amide bonds. The molecule has 2 rings (SSSR count). The van der Waals surface area contributed by atoms with Gasteiger partial charge >= 0.3 is 5.97 Å². The zero-order valence-electron chi connectivity index (χ0n) is 11.1. The zero-order valence-corrected chi connectivity index (χ0v) is 11.1. The van der Waals surface area contributed by atoms with Crippen molar-refractivity contribution in [1.82, 2.24) is 9.88 Å². The Hall–Kier alpha value is -1.66. The summed E-state index contributed by atoms with van der Waals surface area (Å²) >= 11 is 0. The van der Waals surface area contributed by atoms with Gasteiger partial charge in [0.15, 0.2) is 0 Å². The first-order chi connectivity index (χ1) is 9.13. The second kappa shape index (κ2) is 5.99. The second-order valence-corrected chi connectivity index (χ2v) is 4.53. The van der Waals surface area contributed by atoms with E-state index in [-0.39, 0.29) is 5.97 Å². The standard InChI is InChI=1S/C13H18N2O4/c1-18-12-5-3-4-9(14-12)7-15-8-10(16)6-11(15)13(17)19-2/h3-5,10-11,16H,6-8H2,1-2H3/t10-,11-/m1/s1. The van der Waals surface area contributed by atoms with Gasteiger partial charge in [0, 0.05) is 25.6 Å². The second-order valence-electron chi connectivity index (χ2n) is 4.53. The van der Waals surface area contributed by atoms with Crippen molar-refractivity contribution in [3.63, 3.8) is 0 Å². The molecule has 0 unspecified atom stereocenters. The van der Waals surface area contributed by atoms with Crippen molar-refractivity contribution in [1.29, 1.82) is 0 Å². The highest BCUT2D eigenvalue weighted by Crippen LogP contribution is 2.21. The SMILES string of the molecule is COC(=O)[C@H]1C[C@@H](O)CN1Cc1cccc(OC)n1. The first-order valence-electron chi connectivity index (χ1n) is 6.14. The van der Waals surface area contributed by atoms with E-state index in [2.05, 4.69) is 4.98 Å². The molecule has 0 aromatic carbocycles. The van der Waals surface area contributed by atoms with Crippen LogP contribution in [-0.2, 0) is 16.1 Å². The van der Waals surface area contributed by atoms with Crippen LogP contribution in [0.25, 0.3) is 0 Å². The van der Waals surface area contributed by atoms with Crippen LogP contribution in [0, 0.1) is 0 Å². The number of methoxy groups -OCH3 is 2. The van der Waals surface area contributed by atoms with Crippen molar-refractivity contribution in [3.05, 3.63) is 23.9 Å². The molecule has 0 saturated carbocycles. The van der Waals surface area contributed by atoms with Crippen LogP contribution in [-0.4, -0.2) is 53.9 Å². The van der Waals surface area contributed by atoms with Gasteiger partial charge in [-0.3, -0.25) is 9.69 Å². The number of pyridine rings is 1. The minimum absolute atomic E-state index is 0.320. The number of hydrogen-bond acceptors (Lipinski definition) is 6. The van der Waals surface area contributed by atoms with E-state index in [4.69, 9.17) is 9.47 Å². The summed E-state index contributed by atoms with van der Waals surface area (Å²) in [5, 5.41) is 9.70. The molecule has 0 spiro atoms. The predicted octanol–water partition coefficient (Wildman–Crippen LogP) is 0.198. The molecule has 6 nitrogen and oxygen atoms in total. The lowest BCUT2D eigenvalue weighted by Gasteiger charge is -2.21.